The van der Waals surface area contributed by atoms with Gasteiger partial charge in [0.1, 0.15) is 19.3 Å². The molecule has 0 amide bonds. The van der Waals surface area contributed by atoms with Crippen LogP contribution in [0.2, 0.25) is 0 Å². The van der Waals surface area contributed by atoms with Crippen LogP contribution >= 0.6 is 0 Å². The quantitative estimate of drug-likeness (QED) is 0.377. The molecule has 34 heavy (non-hydrogen) atoms. The number of carbonyl (C=O) groups is 1. The number of carbonyl (C=O) groups excluding carboxylic acids is 1. The zero-order valence-corrected chi connectivity index (χ0v) is 19.4. The summed E-state index contributed by atoms with van der Waals surface area (Å²) in [6.07, 6.45) is 1.52. The number of allylic oxidation sites excluding steroid dienone is 1. The number of benzene rings is 2. The molecule has 0 aliphatic carbocycles. The van der Waals surface area contributed by atoms with E-state index in [1.54, 1.807) is 11.6 Å². The number of tetrazole rings is 1. The average Bonchev–Trinajstić information content (AvgIpc) is 3.29. The second kappa shape index (κ2) is 10.2. The van der Waals surface area contributed by atoms with E-state index >= 15 is 0 Å². The highest BCUT2D eigenvalue weighted by Gasteiger charge is 2.35. The topological polar surface area (TPSA) is 100 Å². The number of hydrogen-bond acceptors (Lipinski definition) is 8. The molecule has 1 unspecified atom stereocenters. The van der Waals surface area contributed by atoms with Gasteiger partial charge in [-0.3, -0.25) is 0 Å². The summed E-state index contributed by atoms with van der Waals surface area (Å²) in [6.45, 7) is 10.3. The van der Waals surface area contributed by atoms with Crippen molar-refractivity contribution < 1.29 is 19.0 Å². The lowest BCUT2D eigenvalue weighted by Crippen LogP contribution is -2.29. The fraction of sp³-hybridized carbons (Fsp3) is 0.280. The third kappa shape index (κ3) is 4.78. The molecule has 0 radical (unpaired) electrons. The SMILES string of the molecule is C=CCOC(=O)C1=C(C)Nc2nnnn2C1c1ccc(OCc2cccc(C)c2)c(OCC)c1. The fourth-order valence-electron chi connectivity index (χ4n) is 3.84. The predicted molar refractivity (Wildman–Crippen MR) is 127 cm³/mol. The van der Waals surface area contributed by atoms with Crippen LogP contribution in [0.4, 0.5) is 5.95 Å². The Morgan fingerprint density at radius 3 is 2.79 bits per heavy atom. The van der Waals surface area contributed by atoms with Gasteiger partial charge >= 0.3 is 5.97 Å². The van der Waals surface area contributed by atoms with E-state index < -0.39 is 12.0 Å². The molecule has 1 N–H and O–H groups in total. The summed E-state index contributed by atoms with van der Waals surface area (Å²) in [5.41, 5.74) is 4.00. The average molecular weight is 462 g/mol. The molecular formula is C25H27N5O4. The summed E-state index contributed by atoms with van der Waals surface area (Å²) < 4.78 is 18.9. The minimum absolute atomic E-state index is 0.0979. The van der Waals surface area contributed by atoms with Gasteiger partial charge in [-0.1, -0.05) is 53.6 Å². The zero-order chi connectivity index (χ0) is 24.1. The van der Waals surface area contributed by atoms with E-state index in [-0.39, 0.29) is 6.61 Å². The molecule has 3 aromatic rings. The van der Waals surface area contributed by atoms with Crippen molar-refractivity contribution in [2.75, 3.05) is 18.5 Å². The van der Waals surface area contributed by atoms with Gasteiger partial charge in [-0.2, -0.15) is 4.68 Å². The number of aromatic nitrogens is 4. The van der Waals surface area contributed by atoms with Crippen molar-refractivity contribution in [3.63, 3.8) is 0 Å². The largest absolute Gasteiger partial charge is 0.490 e. The van der Waals surface area contributed by atoms with Crippen LogP contribution in [0.1, 0.15) is 36.6 Å². The second-order valence-corrected chi connectivity index (χ2v) is 7.82. The number of anilines is 1. The van der Waals surface area contributed by atoms with Crippen molar-refractivity contribution in [1.29, 1.82) is 0 Å². The van der Waals surface area contributed by atoms with E-state index in [1.807, 2.05) is 50.2 Å². The number of esters is 1. The van der Waals surface area contributed by atoms with E-state index in [2.05, 4.69) is 33.5 Å². The van der Waals surface area contributed by atoms with E-state index in [1.165, 1.54) is 11.6 Å². The maximum atomic E-state index is 12.9. The maximum Gasteiger partial charge on any atom is 0.338 e. The van der Waals surface area contributed by atoms with Crippen LogP contribution in [-0.4, -0.2) is 39.4 Å². The van der Waals surface area contributed by atoms with Gasteiger partial charge < -0.3 is 19.5 Å². The standard InChI is InChI=1S/C25H27N5O4/c1-5-12-33-24(31)22-17(4)26-25-27-28-29-30(25)23(22)19-10-11-20(21(14-19)32-6-2)34-15-18-9-7-8-16(3)13-18/h5,7-11,13-14,23H,1,6,12,15H2,2-4H3,(H,26,27,29). The van der Waals surface area contributed by atoms with Crippen molar-refractivity contribution >= 4 is 11.9 Å². The van der Waals surface area contributed by atoms with E-state index in [0.717, 1.165) is 11.1 Å². The molecular weight excluding hydrogens is 434 g/mol. The molecule has 0 saturated carbocycles. The van der Waals surface area contributed by atoms with Crippen LogP contribution in [0.25, 0.3) is 0 Å². The van der Waals surface area contributed by atoms with E-state index in [9.17, 15) is 4.79 Å². The van der Waals surface area contributed by atoms with Gasteiger partial charge in [0.25, 0.3) is 0 Å². The number of hydrogen-bond donors (Lipinski definition) is 1. The molecule has 1 aromatic heterocycles. The number of nitrogens with zero attached hydrogens (tertiary/aromatic N) is 4. The van der Waals surface area contributed by atoms with Gasteiger partial charge in [0.05, 0.1) is 12.2 Å². The summed E-state index contributed by atoms with van der Waals surface area (Å²) in [7, 11) is 0. The summed E-state index contributed by atoms with van der Waals surface area (Å²) in [5.74, 6) is 1.13. The Kier molecular flexibility index (Phi) is 6.91. The number of rotatable bonds is 9. The first kappa shape index (κ1) is 23.0. The molecule has 1 aliphatic rings. The van der Waals surface area contributed by atoms with Crippen LogP contribution in [0, 0.1) is 6.92 Å². The first-order valence-corrected chi connectivity index (χ1v) is 11.0. The van der Waals surface area contributed by atoms with Gasteiger partial charge in [0, 0.05) is 5.70 Å². The number of ether oxygens (including phenoxy) is 3. The van der Waals surface area contributed by atoms with Crippen LogP contribution < -0.4 is 14.8 Å². The van der Waals surface area contributed by atoms with Gasteiger partial charge in [-0.25, -0.2) is 4.79 Å². The lowest BCUT2D eigenvalue weighted by Gasteiger charge is -2.27. The lowest BCUT2D eigenvalue weighted by atomic mass is 9.95. The molecule has 0 bridgehead atoms. The molecule has 0 fully saturated rings. The third-order valence-corrected chi connectivity index (χ3v) is 5.33. The van der Waals surface area contributed by atoms with Gasteiger partial charge in [-0.05, 0) is 54.5 Å². The minimum atomic E-state index is -0.603. The van der Waals surface area contributed by atoms with Crippen molar-refractivity contribution in [2.24, 2.45) is 0 Å². The highest BCUT2D eigenvalue weighted by Crippen LogP contribution is 2.39. The Morgan fingerprint density at radius 1 is 1.18 bits per heavy atom. The highest BCUT2D eigenvalue weighted by molar-refractivity contribution is 5.92. The first-order chi connectivity index (χ1) is 16.5. The number of nitrogens with one attached hydrogen (secondary N) is 1. The van der Waals surface area contributed by atoms with Crippen molar-refractivity contribution in [3.8, 4) is 11.5 Å². The maximum absolute atomic E-state index is 12.9. The normalized spacial score (nSPS) is 14.7. The lowest BCUT2D eigenvalue weighted by molar-refractivity contribution is -0.138. The van der Waals surface area contributed by atoms with E-state index in [4.69, 9.17) is 14.2 Å². The highest BCUT2D eigenvalue weighted by atomic mass is 16.5. The molecule has 1 atom stereocenters. The van der Waals surface area contributed by atoms with E-state index in [0.29, 0.717) is 41.9 Å². The summed E-state index contributed by atoms with van der Waals surface area (Å²) in [6, 6.07) is 13.1. The van der Waals surface area contributed by atoms with Gasteiger partial charge in [0.2, 0.25) is 5.95 Å². The van der Waals surface area contributed by atoms with Gasteiger partial charge in [-0.15, -0.1) is 0 Å². The van der Waals surface area contributed by atoms with Crippen LogP contribution in [0.5, 0.6) is 11.5 Å². The third-order valence-electron chi connectivity index (χ3n) is 5.33. The fourth-order valence-corrected chi connectivity index (χ4v) is 3.84. The van der Waals surface area contributed by atoms with Crippen molar-refractivity contribution in [2.45, 2.75) is 33.4 Å². The first-order valence-electron chi connectivity index (χ1n) is 11.0. The smallest absolute Gasteiger partial charge is 0.338 e. The summed E-state index contributed by atoms with van der Waals surface area (Å²) in [4.78, 5) is 12.9. The Hall–Kier alpha value is -4.14. The van der Waals surface area contributed by atoms with Crippen LogP contribution in [-0.2, 0) is 16.1 Å². The molecule has 2 aromatic carbocycles. The molecule has 4 rings (SSSR count). The Morgan fingerprint density at radius 2 is 2.03 bits per heavy atom. The van der Waals surface area contributed by atoms with Crippen molar-refractivity contribution in [1.82, 2.24) is 20.2 Å². The minimum Gasteiger partial charge on any atom is -0.490 e. The molecule has 0 spiro atoms. The molecule has 0 saturated heterocycles. The number of fused-ring (bicyclic) bond motifs is 1. The summed E-state index contributed by atoms with van der Waals surface area (Å²) >= 11 is 0. The second-order valence-electron chi connectivity index (χ2n) is 7.82. The molecule has 1 aliphatic heterocycles. The predicted octanol–water partition coefficient (Wildman–Crippen LogP) is 3.98. The Labute approximate surface area is 198 Å². The summed E-state index contributed by atoms with van der Waals surface area (Å²) in [5, 5.41) is 15.0. The van der Waals surface area contributed by atoms with Gasteiger partial charge in [0.15, 0.2) is 11.5 Å². The zero-order valence-electron chi connectivity index (χ0n) is 19.4. The number of aryl methyl sites for hydroxylation is 1. The molecule has 9 heteroatoms. The van der Waals surface area contributed by atoms with Crippen LogP contribution in [0.15, 0.2) is 66.4 Å². The molecule has 2 heterocycles. The Bertz CT molecular complexity index is 1230. The molecule has 176 valence electrons. The monoisotopic (exact) mass is 461 g/mol. The van der Waals surface area contributed by atoms with Crippen molar-refractivity contribution in [3.05, 3.63) is 83.1 Å². The van der Waals surface area contributed by atoms with Crippen LogP contribution in [0.3, 0.4) is 0 Å². The molecule has 9 nitrogen and oxygen atoms in total. The Balaban J connectivity index is 1.69.